The van der Waals surface area contributed by atoms with Gasteiger partial charge >= 0.3 is 0 Å². The molecule has 0 spiro atoms. The molecule has 0 radical (unpaired) electrons. The van der Waals surface area contributed by atoms with E-state index in [1.807, 2.05) is 0 Å². The lowest BCUT2D eigenvalue weighted by Gasteiger charge is -2.12. The quantitative estimate of drug-likeness (QED) is 0.628. The van der Waals surface area contributed by atoms with Crippen LogP contribution in [0.4, 0.5) is 0 Å². The van der Waals surface area contributed by atoms with E-state index in [0.29, 0.717) is 6.04 Å². The molecule has 1 saturated carbocycles. The molecule has 2 unspecified atom stereocenters. The van der Waals surface area contributed by atoms with Gasteiger partial charge in [-0.15, -0.1) is 0 Å². The molecule has 0 aromatic heterocycles. The molecular weight excluding hydrogens is 148 g/mol. The van der Waals surface area contributed by atoms with Crippen LogP contribution in [0.15, 0.2) is 0 Å². The summed E-state index contributed by atoms with van der Waals surface area (Å²) in [6.07, 6.45) is 8.96. The molecule has 0 aromatic rings. The molecule has 1 fully saturated rings. The van der Waals surface area contributed by atoms with Crippen LogP contribution in [0.2, 0.25) is 0 Å². The first-order valence-electron chi connectivity index (χ1n) is 5.28. The lowest BCUT2D eigenvalue weighted by Crippen LogP contribution is -2.19. The van der Waals surface area contributed by atoms with Gasteiger partial charge < -0.3 is 11.5 Å². The van der Waals surface area contributed by atoms with Crippen LogP contribution < -0.4 is 11.5 Å². The summed E-state index contributed by atoms with van der Waals surface area (Å²) >= 11 is 0. The van der Waals surface area contributed by atoms with Gasteiger partial charge in [-0.25, -0.2) is 0 Å². The Hall–Kier alpha value is -0.0800. The summed E-state index contributed by atoms with van der Waals surface area (Å²) in [4.78, 5) is 0. The Morgan fingerprint density at radius 1 is 0.917 bits per heavy atom. The summed E-state index contributed by atoms with van der Waals surface area (Å²) in [5, 5.41) is 0. The summed E-state index contributed by atoms with van der Waals surface area (Å²) in [5.74, 6) is 0.773. The molecular formula is C10H22N2. The van der Waals surface area contributed by atoms with Crippen molar-refractivity contribution in [3.8, 4) is 0 Å². The van der Waals surface area contributed by atoms with Gasteiger partial charge in [0.05, 0.1) is 0 Å². The van der Waals surface area contributed by atoms with Gasteiger partial charge in [-0.1, -0.05) is 19.3 Å². The molecule has 2 nitrogen and oxygen atoms in total. The molecule has 72 valence electrons. The second-order valence-electron chi connectivity index (χ2n) is 4.08. The van der Waals surface area contributed by atoms with E-state index in [4.69, 9.17) is 11.5 Å². The topological polar surface area (TPSA) is 52.0 Å². The number of hydrogen-bond donors (Lipinski definition) is 2. The van der Waals surface area contributed by atoms with E-state index in [1.165, 1.54) is 44.9 Å². The highest BCUT2D eigenvalue weighted by atomic mass is 14.6. The minimum Gasteiger partial charge on any atom is -0.330 e. The summed E-state index contributed by atoms with van der Waals surface area (Å²) in [6, 6.07) is 0.460. The number of hydrogen-bond acceptors (Lipinski definition) is 2. The highest BCUT2D eigenvalue weighted by Crippen LogP contribution is 2.20. The van der Waals surface area contributed by atoms with Crippen LogP contribution in [0.1, 0.15) is 44.9 Å². The van der Waals surface area contributed by atoms with E-state index in [0.717, 1.165) is 12.5 Å². The zero-order chi connectivity index (χ0) is 8.81. The molecule has 12 heavy (non-hydrogen) atoms. The second kappa shape index (κ2) is 5.55. The van der Waals surface area contributed by atoms with Crippen molar-refractivity contribution in [3.05, 3.63) is 0 Å². The Balaban J connectivity index is 2.26. The van der Waals surface area contributed by atoms with Crippen LogP contribution in [-0.4, -0.2) is 12.6 Å². The van der Waals surface area contributed by atoms with E-state index in [-0.39, 0.29) is 0 Å². The summed E-state index contributed by atoms with van der Waals surface area (Å²) in [6.45, 7) is 0.870. The van der Waals surface area contributed by atoms with Crippen LogP contribution in [-0.2, 0) is 0 Å². The van der Waals surface area contributed by atoms with E-state index in [1.54, 1.807) is 0 Å². The molecule has 0 heterocycles. The Morgan fingerprint density at radius 2 is 1.50 bits per heavy atom. The van der Waals surface area contributed by atoms with Crippen LogP contribution in [0.3, 0.4) is 0 Å². The van der Waals surface area contributed by atoms with Crippen LogP contribution in [0, 0.1) is 5.92 Å². The highest BCUT2D eigenvalue weighted by molar-refractivity contribution is 4.68. The van der Waals surface area contributed by atoms with Crippen LogP contribution in [0.25, 0.3) is 0 Å². The minimum absolute atomic E-state index is 0.460. The maximum atomic E-state index is 5.93. The fraction of sp³-hybridized carbons (Fsp3) is 1.00. The van der Waals surface area contributed by atoms with Gasteiger partial charge in [0.25, 0.3) is 0 Å². The Bertz CT molecular complexity index is 114. The normalized spacial score (nSPS) is 33.5. The zero-order valence-corrected chi connectivity index (χ0v) is 7.97. The average molecular weight is 170 g/mol. The third-order valence-electron chi connectivity index (χ3n) is 2.96. The summed E-state index contributed by atoms with van der Waals surface area (Å²) in [7, 11) is 0. The van der Waals surface area contributed by atoms with E-state index >= 15 is 0 Å². The number of rotatable bonds is 1. The SMILES string of the molecule is NCC1CCCCC(N)CCC1. The van der Waals surface area contributed by atoms with E-state index in [9.17, 15) is 0 Å². The van der Waals surface area contributed by atoms with Crippen molar-refractivity contribution in [1.29, 1.82) is 0 Å². The van der Waals surface area contributed by atoms with E-state index in [2.05, 4.69) is 0 Å². The largest absolute Gasteiger partial charge is 0.330 e. The van der Waals surface area contributed by atoms with E-state index < -0.39 is 0 Å². The fourth-order valence-electron chi connectivity index (χ4n) is 2.03. The predicted octanol–water partition coefficient (Wildman–Crippen LogP) is 1.63. The lowest BCUT2D eigenvalue weighted by atomic mass is 9.97. The molecule has 4 N–H and O–H groups in total. The molecule has 1 rings (SSSR count). The molecule has 1 aliphatic carbocycles. The van der Waals surface area contributed by atoms with Crippen molar-refractivity contribution in [2.45, 2.75) is 51.0 Å². The van der Waals surface area contributed by atoms with Gasteiger partial charge in [0.15, 0.2) is 0 Å². The first-order valence-corrected chi connectivity index (χ1v) is 5.28. The molecule has 0 amide bonds. The molecule has 0 aliphatic heterocycles. The van der Waals surface area contributed by atoms with Crippen molar-refractivity contribution in [2.75, 3.05) is 6.54 Å². The molecule has 1 aliphatic rings. The first kappa shape index (κ1) is 10.0. The third kappa shape index (κ3) is 3.55. The highest BCUT2D eigenvalue weighted by Gasteiger charge is 2.11. The molecule has 0 saturated heterocycles. The second-order valence-corrected chi connectivity index (χ2v) is 4.08. The molecule has 0 bridgehead atoms. The molecule has 2 atom stereocenters. The summed E-state index contributed by atoms with van der Waals surface area (Å²) < 4.78 is 0. The number of nitrogens with two attached hydrogens (primary N) is 2. The molecule has 0 aromatic carbocycles. The van der Waals surface area contributed by atoms with Crippen LogP contribution in [0.5, 0.6) is 0 Å². The Morgan fingerprint density at radius 3 is 2.25 bits per heavy atom. The van der Waals surface area contributed by atoms with Crippen molar-refractivity contribution in [2.24, 2.45) is 17.4 Å². The Labute approximate surface area is 75.7 Å². The van der Waals surface area contributed by atoms with Gasteiger partial charge in [0, 0.05) is 6.04 Å². The lowest BCUT2D eigenvalue weighted by molar-refractivity contribution is 0.435. The standard InChI is InChI=1S/C10H22N2/c11-8-9-4-1-2-6-10(12)7-3-5-9/h9-10H,1-8,11-12H2. The third-order valence-corrected chi connectivity index (χ3v) is 2.96. The van der Waals surface area contributed by atoms with Gasteiger partial charge in [-0.3, -0.25) is 0 Å². The van der Waals surface area contributed by atoms with Crippen molar-refractivity contribution in [3.63, 3.8) is 0 Å². The maximum absolute atomic E-state index is 5.93. The van der Waals surface area contributed by atoms with Crippen molar-refractivity contribution in [1.82, 2.24) is 0 Å². The van der Waals surface area contributed by atoms with Gasteiger partial charge in [-0.05, 0) is 38.1 Å². The van der Waals surface area contributed by atoms with Gasteiger partial charge in [0.1, 0.15) is 0 Å². The van der Waals surface area contributed by atoms with Gasteiger partial charge in [-0.2, -0.15) is 0 Å². The van der Waals surface area contributed by atoms with Crippen molar-refractivity contribution < 1.29 is 0 Å². The predicted molar refractivity (Wildman–Crippen MR) is 52.8 cm³/mol. The smallest absolute Gasteiger partial charge is 0.00388 e. The van der Waals surface area contributed by atoms with Crippen molar-refractivity contribution >= 4 is 0 Å². The van der Waals surface area contributed by atoms with Crippen LogP contribution >= 0.6 is 0 Å². The Kier molecular flexibility index (Phi) is 4.62. The zero-order valence-electron chi connectivity index (χ0n) is 7.97. The average Bonchev–Trinajstić information content (AvgIpc) is 2.17. The monoisotopic (exact) mass is 170 g/mol. The summed E-state index contributed by atoms with van der Waals surface area (Å²) in [5.41, 5.74) is 11.6. The van der Waals surface area contributed by atoms with Gasteiger partial charge in [0.2, 0.25) is 0 Å². The molecule has 2 heteroatoms. The first-order chi connectivity index (χ1) is 5.83. The minimum atomic E-state index is 0.460. The maximum Gasteiger partial charge on any atom is 0.00388 e. The fourth-order valence-corrected chi connectivity index (χ4v) is 2.03.